The fourth-order valence-corrected chi connectivity index (χ4v) is 3.51. The minimum atomic E-state index is -0.0972. The third-order valence-electron chi connectivity index (χ3n) is 5.17. The highest BCUT2D eigenvalue weighted by Gasteiger charge is 2.23. The van der Waals surface area contributed by atoms with Crippen LogP contribution in [0, 0.1) is 0 Å². The number of piperazine rings is 1. The molecule has 2 fully saturated rings. The van der Waals surface area contributed by atoms with Crippen molar-refractivity contribution in [3.63, 3.8) is 0 Å². The summed E-state index contributed by atoms with van der Waals surface area (Å²) in [5, 5.41) is 3.98. The summed E-state index contributed by atoms with van der Waals surface area (Å²) in [5.74, 6) is 0.663. The van der Waals surface area contributed by atoms with Crippen molar-refractivity contribution in [2.75, 3.05) is 52.9 Å². The monoisotopic (exact) mass is 350 g/mol. The third kappa shape index (κ3) is 5.03. The van der Waals surface area contributed by atoms with E-state index < -0.39 is 0 Å². The van der Waals surface area contributed by atoms with Crippen LogP contribution >= 0.6 is 0 Å². The van der Waals surface area contributed by atoms with Crippen LogP contribution in [0.3, 0.4) is 0 Å². The molecule has 0 radical (unpaired) electrons. The molecule has 1 aromatic heterocycles. The molecule has 140 valence electrons. The first-order chi connectivity index (χ1) is 12.2. The molecule has 3 rings (SSSR count). The molecule has 0 aromatic carbocycles. The van der Waals surface area contributed by atoms with Crippen LogP contribution in [0.5, 0.6) is 0 Å². The zero-order chi connectivity index (χ0) is 17.6. The lowest BCUT2D eigenvalue weighted by Gasteiger charge is -2.33. The predicted molar refractivity (Wildman–Crippen MR) is 94.4 cm³/mol. The van der Waals surface area contributed by atoms with Gasteiger partial charge in [-0.3, -0.25) is 9.69 Å². The average molecular weight is 350 g/mol. The smallest absolute Gasteiger partial charge is 0.275 e. The molecule has 7 heteroatoms. The van der Waals surface area contributed by atoms with E-state index in [2.05, 4.69) is 21.9 Å². The van der Waals surface area contributed by atoms with E-state index in [1.54, 1.807) is 18.0 Å². The van der Waals surface area contributed by atoms with E-state index in [0.717, 1.165) is 57.9 Å². The van der Waals surface area contributed by atoms with Crippen molar-refractivity contribution in [3.05, 3.63) is 17.5 Å². The Labute approximate surface area is 149 Å². The molecule has 1 aromatic rings. The highest BCUT2D eigenvalue weighted by Crippen LogP contribution is 2.15. The van der Waals surface area contributed by atoms with Crippen LogP contribution in [0.1, 0.15) is 42.4 Å². The first-order valence-corrected chi connectivity index (χ1v) is 9.43. The molecule has 0 aliphatic carbocycles. The van der Waals surface area contributed by atoms with Gasteiger partial charge in [0.2, 0.25) is 0 Å². The molecule has 0 unspecified atom stereocenters. The SMILES string of the molecule is CCN1CCN(Cc2cc(C(=O)N(C)C[C@H]3CCCCO3)no2)CC1. The van der Waals surface area contributed by atoms with Gasteiger partial charge in [0.15, 0.2) is 11.5 Å². The summed E-state index contributed by atoms with van der Waals surface area (Å²) >= 11 is 0. The molecule has 0 N–H and O–H groups in total. The first-order valence-electron chi connectivity index (χ1n) is 9.43. The van der Waals surface area contributed by atoms with Gasteiger partial charge in [0.1, 0.15) is 0 Å². The van der Waals surface area contributed by atoms with Gasteiger partial charge in [0, 0.05) is 52.4 Å². The van der Waals surface area contributed by atoms with E-state index in [1.807, 2.05) is 0 Å². The van der Waals surface area contributed by atoms with E-state index in [0.29, 0.717) is 18.8 Å². The second-order valence-electron chi connectivity index (χ2n) is 7.06. The Bertz CT molecular complexity index is 548. The zero-order valence-electron chi connectivity index (χ0n) is 15.4. The number of hydrogen-bond donors (Lipinski definition) is 0. The van der Waals surface area contributed by atoms with Crippen LogP contribution in [0.15, 0.2) is 10.6 Å². The summed E-state index contributed by atoms with van der Waals surface area (Å²) in [4.78, 5) is 19.0. The Kier molecular flexibility index (Phi) is 6.45. The largest absolute Gasteiger partial charge is 0.376 e. The van der Waals surface area contributed by atoms with Crippen molar-refractivity contribution >= 4 is 5.91 Å². The van der Waals surface area contributed by atoms with Gasteiger partial charge in [-0.1, -0.05) is 12.1 Å². The van der Waals surface area contributed by atoms with E-state index in [4.69, 9.17) is 9.26 Å². The zero-order valence-corrected chi connectivity index (χ0v) is 15.4. The number of hydrogen-bond acceptors (Lipinski definition) is 6. The van der Waals surface area contributed by atoms with Gasteiger partial charge in [-0.2, -0.15) is 0 Å². The minimum Gasteiger partial charge on any atom is -0.376 e. The molecule has 1 atom stereocenters. The van der Waals surface area contributed by atoms with Crippen LogP contribution in [0.25, 0.3) is 0 Å². The fourth-order valence-electron chi connectivity index (χ4n) is 3.51. The number of carbonyl (C=O) groups is 1. The summed E-state index contributed by atoms with van der Waals surface area (Å²) in [6, 6.07) is 1.78. The van der Waals surface area contributed by atoms with Gasteiger partial charge < -0.3 is 19.1 Å². The van der Waals surface area contributed by atoms with Crippen molar-refractivity contribution in [1.82, 2.24) is 19.9 Å². The molecule has 25 heavy (non-hydrogen) atoms. The van der Waals surface area contributed by atoms with Gasteiger partial charge in [0.25, 0.3) is 5.91 Å². The van der Waals surface area contributed by atoms with Gasteiger partial charge in [-0.05, 0) is 25.8 Å². The maximum absolute atomic E-state index is 12.5. The third-order valence-corrected chi connectivity index (χ3v) is 5.17. The lowest BCUT2D eigenvalue weighted by molar-refractivity contribution is -0.000360. The maximum Gasteiger partial charge on any atom is 0.275 e. The van der Waals surface area contributed by atoms with Crippen molar-refractivity contribution in [2.24, 2.45) is 0 Å². The Morgan fingerprint density at radius 1 is 1.28 bits per heavy atom. The second-order valence-corrected chi connectivity index (χ2v) is 7.06. The molecule has 3 heterocycles. The molecular weight excluding hydrogens is 320 g/mol. The normalized spacial score (nSPS) is 22.9. The summed E-state index contributed by atoms with van der Waals surface area (Å²) in [7, 11) is 1.80. The topological polar surface area (TPSA) is 62.0 Å². The minimum absolute atomic E-state index is 0.0972. The van der Waals surface area contributed by atoms with Crippen LogP contribution in [-0.2, 0) is 11.3 Å². The van der Waals surface area contributed by atoms with Crippen LogP contribution < -0.4 is 0 Å². The van der Waals surface area contributed by atoms with Crippen LogP contribution in [0.4, 0.5) is 0 Å². The summed E-state index contributed by atoms with van der Waals surface area (Å²) in [6.45, 7) is 9.64. The molecule has 2 saturated heterocycles. The summed E-state index contributed by atoms with van der Waals surface area (Å²) < 4.78 is 11.1. The Morgan fingerprint density at radius 2 is 2.04 bits per heavy atom. The number of rotatable bonds is 6. The molecule has 2 aliphatic rings. The lowest BCUT2D eigenvalue weighted by Crippen LogP contribution is -2.45. The maximum atomic E-state index is 12.5. The fraction of sp³-hybridized carbons (Fsp3) is 0.778. The number of ether oxygens (including phenoxy) is 1. The van der Waals surface area contributed by atoms with Gasteiger partial charge in [0.05, 0.1) is 12.6 Å². The number of likely N-dealkylation sites (N-methyl/N-ethyl adjacent to an activating group) is 2. The summed E-state index contributed by atoms with van der Waals surface area (Å²) in [6.07, 6.45) is 3.45. The predicted octanol–water partition coefficient (Wildman–Crippen LogP) is 1.45. The van der Waals surface area contributed by atoms with E-state index in [-0.39, 0.29) is 12.0 Å². The first kappa shape index (κ1) is 18.4. The van der Waals surface area contributed by atoms with Gasteiger partial charge >= 0.3 is 0 Å². The Morgan fingerprint density at radius 3 is 2.72 bits per heavy atom. The van der Waals surface area contributed by atoms with Crippen molar-refractivity contribution in [3.8, 4) is 0 Å². The van der Waals surface area contributed by atoms with Gasteiger partial charge in [-0.25, -0.2) is 0 Å². The molecule has 1 amide bonds. The Balaban J connectivity index is 1.49. The van der Waals surface area contributed by atoms with Crippen molar-refractivity contribution in [1.29, 1.82) is 0 Å². The van der Waals surface area contributed by atoms with Gasteiger partial charge in [-0.15, -0.1) is 0 Å². The second kappa shape index (κ2) is 8.78. The van der Waals surface area contributed by atoms with Crippen molar-refractivity contribution in [2.45, 2.75) is 38.8 Å². The number of carbonyl (C=O) groups excluding carboxylic acids is 1. The van der Waals surface area contributed by atoms with Crippen LogP contribution in [-0.4, -0.2) is 84.8 Å². The Hall–Kier alpha value is -1.44. The standard InChI is InChI=1S/C18H30N4O3/c1-3-21-7-9-22(10-8-21)14-16-12-17(19-25-16)18(23)20(2)13-15-6-4-5-11-24-15/h12,15H,3-11,13-14H2,1-2H3/t15-/m1/s1. The quantitative estimate of drug-likeness (QED) is 0.774. The van der Waals surface area contributed by atoms with E-state index >= 15 is 0 Å². The lowest BCUT2D eigenvalue weighted by atomic mass is 10.1. The molecule has 0 saturated carbocycles. The van der Waals surface area contributed by atoms with Crippen molar-refractivity contribution < 1.29 is 14.1 Å². The molecule has 7 nitrogen and oxygen atoms in total. The highest BCUT2D eigenvalue weighted by atomic mass is 16.5. The van der Waals surface area contributed by atoms with E-state index in [9.17, 15) is 4.79 Å². The molecule has 2 aliphatic heterocycles. The number of amides is 1. The molecule has 0 bridgehead atoms. The number of aromatic nitrogens is 1. The number of nitrogens with zero attached hydrogens (tertiary/aromatic N) is 4. The molecule has 0 spiro atoms. The summed E-state index contributed by atoms with van der Waals surface area (Å²) in [5.41, 5.74) is 0.389. The highest BCUT2D eigenvalue weighted by molar-refractivity contribution is 5.92. The average Bonchev–Trinajstić information content (AvgIpc) is 3.11. The molecular formula is C18H30N4O3. The van der Waals surface area contributed by atoms with Crippen LogP contribution in [0.2, 0.25) is 0 Å². The van der Waals surface area contributed by atoms with E-state index in [1.165, 1.54) is 6.42 Å².